The van der Waals surface area contributed by atoms with E-state index in [4.69, 9.17) is 4.42 Å². The number of furan rings is 1. The molecule has 1 aliphatic heterocycles. The molecule has 0 radical (unpaired) electrons. The SMILES string of the molecule is CC/C(=C\c1ccc(CO)o1)CC[C@@H](O)C1=C(CO)C[C@H]2C(=O)N(c3cccc([N+](=O)[O-])c3)C(=O)[C@H]2[C@H]1CO. The number of nitro benzene ring substituents is 1. The summed E-state index contributed by atoms with van der Waals surface area (Å²) in [6, 6.07) is 8.65. The van der Waals surface area contributed by atoms with Crippen molar-refractivity contribution in [2.45, 2.75) is 45.3 Å². The summed E-state index contributed by atoms with van der Waals surface area (Å²) in [6.07, 6.45) is 2.17. The fraction of sp³-hybridized carbons (Fsp3) is 0.429. The van der Waals surface area contributed by atoms with Crippen LogP contribution in [0.1, 0.15) is 44.1 Å². The first-order valence-electron chi connectivity index (χ1n) is 12.9. The molecule has 2 heterocycles. The highest BCUT2D eigenvalue weighted by Crippen LogP contribution is 2.47. The number of imide groups is 1. The maximum atomic E-state index is 13.5. The van der Waals surface area contributed by atoms with E-state index in [0.29, 0.717) is 35.5 Å². The molecule has 4 atom stereocenters. The second kappa shape index (κ2) is 12.0. The minimum Gasteiger partial charge on any atom is -0.459 e. The number of aliphatic hydroxyl groups excluding tert-OH is 4. The molecule has 4 rings (SSSR count). The van der Waals surface area contributed by atoms with Crippen molar-refractivity contribution in [3.8, 4) is 0 Å². The Balaban J connectivity index is 1.58. The maximum Gasteiger partial charge on any atom is 0.271 e. The van der Waals surface area contributed by atoms with Gasteiger partial charge < -0.3 is 24.8 Å². The summed E-state index contributed by atoms with van der Waals surface area (Å²) >= 11 is 0. The summed E-state index contributed by atoms with van der Waals surface area (Å²) in [4.78, 5) is 38.4. The molecule has 2 amide bonds. The largest absolute Gasteiger partial charge is 0.459 e. The Hall–Kier alpha value is -3.64. The van der Waals surface area contributed by atoms with Gasteiger partial charge in [-0.25, -0.2) is 4.90 Å². The lowest BCUT2D eigenvalue weighted by atomic mass is 9.68. The maximum absolute atomic E-state index is 13.5. The second-order valence-corrected chi connectivity index (χ2v) is 9.80. The van der Waals surface area contributed by atoms with Crippen LogP contribution in [0.25, 0.3) is 6.08 Å². The van der Waals surface area contributed by atoms with Crippen molar-refractivity contribution in [2.75, 3.05) is 18.1 Å². The Labute approximate surface area is 224 Å². The molecular formula is C28H32N2O9. The third-order valence-corrected chi connectivity index (χ3v) is 7.61. The Bertz CT molecular complexity index is 1310. The van der Waals surface area contributed by atoms with E-state index < -0.39 is 53.8 Å². The van der Waals surface area contributed by atoms with Crippen LogP contribution in [0.2, 0.25) is 0 Å². The highest BCUT2D eigenvalue weighted by molar-refractivity contribution is 6.22. The van der Waals surface area contributed by atoms with Crippen LogP contribution in [0.15, 0.2) is 57.5 Å². The van der Waals surface area contributed by atoms with Crippen LogP contribution in [0.5, 0.6) is 0 Å². The molecule has 208 valence electrons. The number of carbonyl (C=O) groups is 2. The zero-order valence-electron chi connectivity index (χ0n) is 21.5. The van der Waals surface area contributed by atoms with Crippen molar-refractivity contribution >= 4 is 29.3 Å². The number of non-ortho nitro benzene ring substituents is 1. The van der Waals surface area contributed by atoms with E-state index >= 15 is 0 Å². The first-order valence-corrected chi connectivity index (χ1v) is 12.9. The van der Waals surface area contributed by atoms with Crippen molar-refractivity contribution in [1.29, 1.82) is 0 Å². The molecule has 2 aliphatic rings. The monoisotopic (exact) mass is 540 g/mol. The molecule has 1 fully saturated rings. The summed E-state index contributed by atoms with van der Waals surface area (Å²) in [7, 11) is 0. The Morgan fingerprint density at radius 1 is 1.18 bits per heavy atom. The van der Waals surface area contributed by atoms with Crippen LogP contribution in [-0.2, 0) is 16.2 Å². The van der Waals surface area contributed by atoms with Gasteiger partial charge in [0.25, 0.3) is 5.69 Å². The van der Waals surface area contributed by atoms with Gasteiger partial charge in [-0.2, -0.15) is 0 Å². The molecule has 1 aromatic carbocycles. The van der Waals surface area contributed by atoms with Gasteiger partial charge in [-0.1, -0.05) is 18.6 Å². The molecule has 0 saturated carbocycles. The zero-order valence-corrected chi connectivity index (χ0v) is 21.5. The molecule has 0 spiro atoms. The van der Waals surface area contributed by atoms with Crippen molar-refractivity contribution in [2.24, 2.45) is 17.8 Å². The molecule has 11 nitrogen and oxygen atoms in total. The van der Waals surface area contributed by atoms with E-state index in [1.54, 1.807) is 12.1 Å². The number of carbonyl (C=O) groups excluding carboxylic acids is 2. The summed E-state index contributed by atoms with van der Waals surface area (Å²) in [5, 5.41) is 52.2. The average molecular weight is 541 g/mol. The van der Waals surface area contributed by atoms with Gasteiger partial charge >= 0.3 is 0 Å². The first kappa shape index (κ1) is 28.4. The molecule has 4 N–H and O–H groups in total. The van der Waals surface area contributed by atoms with E-state index in [1.165, 1.54) is 18.2 Å². The summed E-state index contributed by atoms with van der Waals surface area (Å²) in [5.41, 5.74) is 1.54. The number of anilines is 1. The van der Waals surface area contributed by atoms with E-state index in [-0.39, 0.29) is 30.8 Å². The molecular weight excluding hydrogens is 508 g/mol. The predicted molar refractivity (Wildman–Crippen MR) is 140 cm³/mol. The van der Waals surface area contributed by atoms with E-state index in [0.717, 1.165) is 16.5 Å². The number of nitrogens with zero attached hydrogens (tertiary/aromatic N) is 2. The first-order chi connectivity index (χ1) is 18.7. The van der Waals surface area contributed by atoms with Gasteiger partial charge in [0.1, 0.15) is 18.1 Å². The average Bonchev–Trinajstić information content (AvgIpc) is 3.50. The zero-order chi connectivity index (χ0) is 28.3. The molecule has 39 heavy (non-hydrogen) atoms. The standard InChI is InChI=1S/C28H32N2O9/c1-2-16(10-20-7-8-21(14-32)39-20)6-9-24(34)25-17(13-31)11-22-26(23(25)15-33)28(36)29(27(22)35)18-4-3-5-19(12-18)30(37)38/h3-5,7-8,10,12,22-24,26,31-34H,2,6,9,11,13-15H2,1H3/b16-10+/t22-,23+,24-,26-/m1/s1. The Morgan fingerprint density at radius 3 is 2.56 bits per heavy atom. The molecule has 2 aromatic rings. The molecule has 1 aliphatic carbocycles. The molecule has 1 aromatic heterocycles. The van der Waals surface area contributed by atoms with E-state index in [9.17, 15) is 40.1 Å². The smallest absolute Gasteiger partial charge is 0.271 e. The quantitative estimate of drug-likeness (QED) is 0.145. The predicted octanol–water partition coefficient (Wildman–Crippen LogP) is 2.72. The van der Waals surface area contributed by atoms with Crippen molar-refractivity contribution in [3.05, 3.63) is 74.8 Å². The number of hydrogen-bond donors (Lipinski definition) is 4. The third-order valence-electron chi connectivity index (χ3n) is 7.61. The van der Waals surface area contributed by atoms with Crippen LogP contribution in [0.4, 0.5) is 11.4 Å². The number of nitro groups is 1. The van der Waals surface area contributed by atoms with Gasteiger partial charge in [0.2, 0.25) is 11.8 Å². The van der Waals surface area contributed by atoms with Gasteiger partial charge in [0, 0.05) is 18.1 Å². The lowest BCUT2D eigenvalue weighted by molar-refractivity contribution is -0.384. The third kappa shape index (κ3) is 5.57. The fourth-order valence-corrected chi connectivity index (χ4v) is 5.69. The molecule has 0 bridgehead atoms. The van der Waals surface area contributed by atoms with Crippen LogP contribution in [0, 0.1) is 27.9 Å². The van der Waals surface area contributed by atoms with E-state index in [1.807, 2.05) is 13.0 Å². The Morgan fingerprint density at radius 2 is 1.95 bits per heavy atom. The normalized spacial score (nSPS) is 22.4. The van der Waals surface area contributed by atoms with Gasteiger partial charge in [0.05, 0.1) is 41.8 Å². The number of aliphatic hydroxyl groups is 4. The second-order valence-electron chi connectivity index (χ2n) is 9.80. The van der Waals surface area contributed by atoms with Crippen LogP contribution < -0.4 is 4.90 Å². The van der Waals surface area contributed by atoms with Gasteiger partial charge in [-0.3, -0.25) is 19.7 Å². The van der Waals surface area contributed by atoms with Crippen LogP contribution >= 0.6 is 0 Å². The minimum absolute atomic E-state index is 0.0346. The van der Waals surface area contributed by atoms with Crippen LogP contribution in [-0.4, -0.2) is 56.5 Å². The molecule has 1 saturated heterocycles. The topological polar surface area (TPSA) is 175 Å². The lowest BCUT2D eigenvalue weighted by Crippen LogP contribution is -2.39. The minimum atomic E-state index is -1.08. The number of hydrogen-bond acceptors (Lipinski definition) is 9. The highest BCUT2D eigenvalue weighted by Gasteiger charge is 2.55. The summed E-state index contributed by atoms with van der Waals surface area (Å²) in [6.45, 7) is 0.777. The van der Waals surface area contributed by atoms with Crippen LogP contribution in [0.3, 0.4) is 0 Å². The number of fused-ring (bicyclic) bond motifs is 1. The number of amides is 2. The molecule has 11 heteroatoms. The summed E-state index contributed by atoms with van der Waals surface area (Å²) < 4.78 is 5.52. The van der Waals surface area contributed by atoms with Gasteiger partial charge in [-0.15, -0.1) is 0 Å². The van der Waals surface area contributed by atoms with Gasteiger partial charge in [0.15, 0.2) is 0 Å². The van der Waals surface area contributed by atoms with Crippen molar-refractivity contribution < 1.29 is 39.4 Å². The fourth-order valence-electron chi connectivity index (χ4n) is 5.69. The molecule has 0 unspecified atom stereocenters. The highest BCUT2D eigenvalue weighted by atomic mass is 16.6. The van der Waals surface area contributed by atoms with E-state index in [2.05, 4.69) is 0 Å². The number of benzene rings is 1. The van der Waals surface area contributed by atoms with Crippen molar-refractivity contribution in [1.82, 2.24) is 0 Å². The van der Waals surface area contributed by atoms with Crippen molar-refractivity contribution in [3.63, 3.8) is 0 Å². The number of allylic oxidation sites excluding steroid dienone is 1. The Kier molecular flexibility index (Phi) is 8.76. The number of rotatable bonds is 11. The summed E-state index contributed by atoms with van der Waals surface area (Å²) in [5.74, 6) is -2.87. The van der Waals surface area contributed by atoms with Gasteiger partial charge in [-0.05, 0) is 61.1 Å². The lowest BCUT2D eigenvalue weighted by Gasteiger charge is -2.36.